The molecule has 1 aromatic heterocycles. The molecule has 1 unspecified atom stereocenters. The second kappa shape index (κ2) is 6.52. The lowest BCUT2D eigenvalue weighted by Crippen LogP contribution is -2.46. The van der Waals surface area contributed by atoms with Crippen LogP contribution in [0.5, 0.6) is 0 Å². The number of hydrogen-bond acceptors (Lipinski definition) is 3. The van der Waals surface area contributed by atoms with Gasteiger partial charge >= 0.3 is 0 Å². The minimum absolute atomic E-state index is 0.104. The van der Waals surface area contributed by atoms with Crippen molar-refractivity contribution < 1.29 is 4.79 Å². The van der Waals surface area contributed by atoms with E-state index in [4.69, 9.17) is 0 Å². The van der Waals surface area contributed by atoms with Crippen LogP contribution in [0.2, 0.25) is 0 Å². The monoisotopic (exact) mass is 263 g/mol. The Morgan fingerprint density at radius 2 is 2.26 bits per heavy atom. The van der Waals surface area contributed by atoms with Crippen molar-refractivity contribution in [2.75, 3.05) is 19.6 Å². The van der Waals surface area contributed by atoms with Gasteiger partial charge in [-0.3, -0.25) is 9.59 Å². The summed E-state index contributed by atoms with van der Waals surface area (Å²) >= 11 is 0. The lowest BCUT2D eigenvalue weighted by atomic mass is 10.0. The Labute approximate surface area is 113 Å². The standard InChI is InChI=1S/C14H21N3O2/c1-2-17(10-11-6-3-4-9-15-11)14(19)12-7-5-8-13(18)16-12/h5,7-8,11,15H,2-4,6,9-10H2,1H3,(H,16,18). The first-order chi connectivity index (χ1) is 9.20. The fourth-order valence-corrected chi connectivity index (χ4v) is 2.44. The Kier molecular flexibility index (Phi) is 4.74. The van der Waals surface area contributed by atoms with Crippen LogP contribution in [0, 0.1) is 0 Å². The maximum atomic E-state index is 12.3. The number of amides is 1. The van der Waals surface area contributed by atoms with Crippen molar-refractivity contribution in [3.8, 4) is 0 Å². The molecule has 0 radical (unpaired) electrons. The Balaban J connectivity index is 2.04. The summed E-state index contributed by atoms with van der Waals surface area (Å²) in [6.45, 7) is 4.33. The zero-order valence-corrected chi connectivity index (χ0v) is 11.3. The van der Waals surface area contributed by atoms with Crippen molar-refractivity contribution in [3.63, 3.8) is 0 Å². The smallest absolute Gasteiger partial charge is 0.270 e. The molecule has 5 heteroatoms. The lowest BCUT2D eigenvalue weighted by molar-refractivity contribution is 0.0735. The van der Waals surface area contributed by atoms with Gasteiger partial charge in [-0.2, -0.15) is 0 Å². The molecular formula is C14H21N3O2. The quantitative estimate of drug-likeness (QED) is 0.851. The molecule has 0 aromatic carbocycles. The van der Waals surface area contributed by atoms with Crippen LogP contribution in [-0.2, 0) is 0 Å². The van der Waals surface area contributed by atoms with E-state index in [9.17, 15) is 9.59 Å². The van der Waals surface area contributed by atoms with Crippen LogP contribution < -0.4 is 10.9 Å². The van der Waals surface area contributed by atoms with Crippen LogP contribution in [0.3, 0.4) is 0 Å². The van der Waals surface area contributed by atoms with Gasteiger partial charge < -0.3 is 15.2 Å². The van der Waals surface area contributed by atoms with Crippen LogP contribution in [0.15, 0.2) is 23.0 Å². The summed E-state index contributed by atoms with van der Waals surface area (Å²) in [6, 6.07) is 5.04. The molecule has 0 bridgehead atoms. The second-order valence-electron chi connectivity index (χ2n) is 4.92. The molecule has 5 nitrogen and oxygen atoms in total. The second-order valence-corrected chi connectivity index (χ2v) is 4.92. The topological polar surface area (TPSA) is 65.2 Å². The van der Waals surface area contributed by atoms with Gasteiger partial charge in [-0.15, -0.1) is 0 Å². The largest absolute Gasteiger partial charge is 0.336 e. The van der Waals surface area contributed by atoms with Gasteiger partial charge in [-0.05, 0) is 32.4 Å². The molecule has 0 aliphatic carbocycles. The number of likely N-dealkylation sites (N-methyl/N-ethyl adjacent to an activating group) is 1. The SMILES string of the molecule is CCN(CC1CCCCN1)C(=O)c1cccc(=O)[nH]1. The highest BCUT2D eigenvalue weighted by molar-refractivity contribution is 5.92. The summed E-state index contributed by atoms with van der Waals surface area (Å²) < 4.78 is 0. The van der Waals surface area contributed by atoms with Crippen LogP contribution >= 0.6 is 0 Å². The fraction of sp³-hybridized carbons (Fsp3) is 0.571. The zero-order chi connectivity index (χ0) is 13.7. The Morgan fingerprint density at radius 3 is 2.89 bits per heavy atom. The third kappa shape index (κ3) is 3.67. The molecule has 1 aromatic rings. The van der Waals surface area contributed by atoms with E-state index in [1.165, 1.54) is 18.9 Å². The van der Waals surface area contributed by atoms with Crippen LogP contribution in [-0.4, -0.2) is 41.5 Å². The number of piperidine rings is 1. The molecule has 0 saturated carbocycles. The van der Waals surface area contributed by atoms with E-state index in [1.54, 1.807) is 17.0 Å². The normalized spacial score (nSPS) is 19.1. The number of rotatable bonds is 4. The highest BCUT2D eigenvalue weighted by Gasteiger charge is 2.20. The molecule has 104 valence electrons. The predicted molar refractivity (Wildman–Crippen MR) is 74.3 cm³/mol. The van der Waals surface area contributed by atoms with Gasteiger partial charge in [0.1, 0.15) is 5.69 Å². The minimum Gasteiger partial charge on any atom is -0.336 e. The summed E-state index contributed by atoms with van der Waals surface area (Å²) in [5.41, 5.74) is 0.128. The number of pyridine rings is 1. The van der Waals surface area contributed by atoms with E-state index in [1.807, 2.05) is 6.92 Å². The first-order valence-electron chi connectivity index (χ1n) is 6.92. The molecule has 1 amide bonds. The number of H-pyrrole nitrogens is 1. The predicted octanol–water partition coefficient (Wildman–Crippen LogP) is 0.979. The maximum absolute atomic E-state index is 12.3. The number of aromatic amines is 1. The first kappa shape index (κ1) is 13.8. The van der Waals surface area contributed by atoms with E-state index in [-0.39, 0.29) is 11.5 Å². The Bertz CT molecular complexity index is 478. The van der Waals surface area contributed by atoms with Crippen molar-refractivity contribution in [2.24, 2.45) is 0 Å². The summed E-state index contributed by atoms with van der Waals surface area (Å²) in [7, 11) is 0. The molecule has 2 heterocycles. The third-order valence-corrected chi connectivity index (χ3v) is 3.52. The number of nitrogens with one attached hydrogen (secondary N) is 2. The van der Waals surface area contributed by atoms with Crippen molar-refractivity contribution in [3.05, 3.63) is 34.2 Å². The average molecular weight is 263 g/mol. The molecule has 1 aliphatic heterocycles. The highest BCUT2D eigenvalue weighted by atomic mass is 16.2. The Hall–Kier alpha value is -1.62. The molecule has 2 rings (SSSR count). The van der Waals surface area contributed by atoms with Crippen molar-refractivity contribution >= 4 is 5.91 Å². The van der Waals surface area contributed by atoms with Gasteiger partial charge in [0.25, 0.3) is 5.91 Å². The molecule has 1 atom stereocenters. The van der Waals surface area contributed by atoms with Gasteiger partial charge in [-0.25, -0.2) is 0 Å². The molecule has 1 aliphatic rings. The van der Waals surface area contributed by atoms with Crippen LogP contribution in [0.1, 0.15) is 36.7 Å². The van der Waals surface area contributed by atoms with E-state index < -0.39 is 0 Å². The third-order valence-electron chi connectivity index (χ3n) is 3.52. The maximum Gasteiger partial charge on any atom is 0.270 e. The zero-order valence-electron chi connectivity index (χ0n) is 11.3. The van der Waals surface area contributed by atoms with Gasteiger partial charge in [0, 0.05) is 25.2 Å². The average Bonchev–Trinajstić information content (AvgIpc) is 2.45. The summed E-state index contributed by atoms with van der Waals surface area (Å²) in [6.07, 6.45) is 3.53. The van der Waals surface area contributed by atoms with E-state index in [0.717, 1.165) is 13.0 Å². The van der Waals surface area contributed by atoms with Crippen molar-refractivity contribution in [1.29, 1.82) is 0 Å². The van der Waals surface area contributed by atoms with Crippen molar-refractivity contribution in [1.82, 2.24) is 15.2 Å². The van der Waals surface area contributed by atoms with E-state index in [0.29, 0.717) is 24.8 Å². The summed E-state index contributed by atoms with van der Waals surface area (Å²) in [5.74, 6) is -0.104. The van der Waals surface area contributed by atoms with E-state index in [2.05, 4.69) is 10.3 Å². The number of nitrogens with zero attached hydrogens (tertiary/aromatic N) is 1. The van der Waals surface area contributed by atoms with Gasteiger partial charge in [-0.1, -0.05) is 12.5 Å². The van der Waals surface area contributed by atoms with Gasteiger partial charge in [0.15, 0.2) is 0 Å². The fourth-order valence-electron chi connectivity index (χ4n) is 2.44. The van der Waals surface area contributed by atoms with Crippen LogP contribution in [0.25, 0.3) is 0 Å². The highest BCUT2D eigenvalue weighted by Crippen LogP contribution is 2.10. The molecular weight excluding hydrogens is 242 g/mol. The van der Waals surface area contributed by atoms with Crippen molar-refractivity contribution in [2.45, 2.75) is 32.2 Å². The number of aromatic nitrogens is 1. The molecule has 2 N–H and O–H groups in total. The molecule has 19 heavy (non-hydrogen) atoms. The summed E-state index contributed by atoms with van der Waals surface area (Å²) in [4.78, 5) is 28.0. The van der Waals surface area contributed by atoms with Gasteiger partial charge in [0.05, 0.1) is 0 Å². The van der Waals surface area contributed by atoms with Gasteiger partial charge in [0.2, 0.25) is 5.56 Å². The van der Waals surface area contributed by atoms with E-state index >= 15 is 0 Å². The molecule has 1 fully saturated rings. The number of carbonyl (C=O) groups excluding carboxylic acids is 1. The molecule has 0 spiro atoms. The minimum atomic E-state index is -0.238. The Morgan fingerprint density at radius 1 is 1.42 bits per heavy atom. The number of carbonyl (C=O) groups is 1. The summed E-state index contributed by atoms with van der Waals surface area (Å²) in [5, 5.41) is 3.44. The lowest BCUT2D eigenvalue weighted by Gasteiger charge is -2.29. The first-order valence-corrected chi connectivity index (χ1v) is 6.92. The number of hydrogen-bond donors (Lipinski definition) is 2. The van der Waals surface area contributed by atoms with Crippen LogP contribution in [0.4, 0.5) is 0 Å². The molecule has 1 saturated heterocycles.